The molecular formula is C14H17N3O2. The lowest BCUT2D eigenvalue weighted by atomic mass is 9.95. The zero-order valence-electron chi connectivity index (χ0n) is 11.5. The number of nitrogens with zero attached hydrogens (tertiary/aromatic N) is 2. The van der Waals surface area contributed by atoms with Crippen LogP contribution >= 0.6 is 0 Å². The molecule has 1 heterocycles. The normalized spacial score (nSPS) is 11.4. The van der Waals surface area contributed by atoms with Crippen LogP contribution in [0.25, 0.3) is 11.5 Å². The molecule has 0 bridgehead atoms. The summed E-state index contributed by atoms with van der Waals surface area (Å²) in [6, 6.07) is 7.31. The van der Waals surface area contributed by atoms with Gasteiger partial charge in [-0.25, -0.2) is 0 Å². The fraction of sp³-hybridized carbons (Fsp3) is 0.357. The molecule has 0 saturated heterocycles. The number of aromatic nitrogens is 2. The third-order valence-electron chi connectivity index (χ3n) is 2.60. The Morgan fingerprint density at radius 2 is 1.79 bits per heavy atom. The van der Waals surface area contributed by atoms with Crippen molar-refractivity contribution in [1.82, 2.24) is 10.2 Å². The van der Waals surface area contributed by atoms with E-state index in [9.17, 15) is 4.79 Å². The van der Waals surface area contributed by atoms with E-state index < -0.39 is 5.41 Å². The second kappa shape index (κ2) is 4.84. The van der Waals surface area contributed by atoms with Gasteiger partial charge in [0.05, 0.1) is 0 Å². The number of carbonyl (C=O) groups excluding carboxylic acids is 1. The Balaban J connectivity index is 2.13. The number of aryl methyl sites for hydroxylation is 1. The van der Waals surface area contributed by atoms with E-state index in [2.05, 4.69) is 15.5 Å². The van der Waals surface area contributed by atoms with Crippen LogP contribution in [0.15, 0.2) is 28.7 Å². The van der Waals surface area contributed by atoms with Crippen molar-refractivity contribution in [2.45, 2.75) is 27.7 Å². The SMILES string of the molecule is Cc1nnc(-c2ccc(NC(=O)C(C)(C)C)cc2)o1. The summed E-state index contributed by atoms with van der Waals surface area (Å²) in [5.41, 5.74) is 1.16. The van der Waals surface area contributed by atoms with Crippen LogP contribution in [0, 0.1) is 12.3 Å². The second-order valence-electron chi connectivity index (χ2n) is 5.41. The van der Waals surface area contributed by atoms with Crippen molar-refractivity contribution in [1.29, 1.82) is 0 Å². The first-order valence-corrected chi connectivity index (χ1v) is 6.08. The van der Waals surface area contributed by atoms with Gasteiger partial charge in [0.15, 0.2) is 0 Å². The highest BCUT2D eigenvalue weighted by atomic mass is 16.4. The first kappa shape index (κ1) is 13.3. The van der Waals surface area contributed by atoms with Crippen LogP contribution in [0.5, 0.6) is 0 Å². The van der Waals surface area contributed by atoms with E-state index in [-0.39, 0.29) is 5.91 Å². The zero-order valence-corrected chi connectivity index (χ0v) is 11.5. The van der Waals surface area contributed by atoms with Gasteiger partial charge in [-0.05, 0) is 24.3 Å². The van der Waals surface area contributed by atoms with Crippen molar-refractivity contribution in [2.75, 3.05) is 5.32 Å². The van der Waals surface area contributed by atoms with E-state index in [1.165, 1.54) is 0 Å². The molecule has 0 unspecified atom stereocenters. The van der Waals surface area contributed by atoms with Gasteiger partial charge in [0.25, 0.3) is 0 Å². The molecule has 2 rings (SSSR count). The van der Waals surface area contributed by atoms with Crippen LogP contribution in [-0.2, 0) is 4.79 Å². The van der Waals surface area contributed by atoms with Crippen molar-refractivity contribution in [2.24, 2.45) is 5.41 Å². The van der Waals surface area contributed by atoms with Crippen molar-refractivity contribution < 1.29 is 9.21 Å². The molecule has 0 saturated carbocycles. The smallest absolute Gasteiger partial charge is 0.247 e. The lowest BCUT2D eigenvalue weighted by molar-refractivity contribution is -0.123. The number of amides is 1. The third kappa shape index (κ3) is 3.19. The fourth-order valence-corrected chi connectivity index (χ4v) is 1.43. The minimum Gasteiger partial charge on any atom is -0.421 e. The molecule has 0 radical (unpaired) electrons. The number of benzene rings is 1. The van der Waals surface area contributed by atoms with Crippen LogP contribution in [0.1, 0.15) is 26.7 Å². The van der Waals surface area contributed by atoms with Crippen LogP contribution in [0.3, 0.4) is 0 Å². The Morgan fingerprint density at radius 3 is 2.26 bits per heavy atom. The summed E-state index contributed by atoms with van der Waals surface area (Å²) in [6.07, 6.45) is 0. The predicted molar refractivity (Wildman–Crippen MR) is 72.6 cm³/mol. The summed E-state index contributed by atoms with van der Waals surface area (Å²) in [5.74, 6) is 0.986. The van der Waals surface area contributed by atoms with E-state index in [0.29, 0.717) is 11.8 Å². The molecule has 0 aliphatic carbocycles. The van der Waals surface area contributed by atoms with Gasteiger partial charge in [-0.3, -0.25) is 4.79 Å². The molecule has 0 aliphatic rings. The van der Waals surface area contributed by atoms with Crippen LogP contribution < -0.4 is 5.32 Å². The topological polar surface area (TPSA) is 68.0 Å². The first-order valence-electron chi connectivity index (χ1n) is 6.08. The van der Waals surface area contributed by atoms with Gasteiger partial charge in [0, 0.05) is 23.6 Å². The van der Waals surface area contributed by atoms with E-state index >= 15 is 0 Å². The minimum atomic E-state index is -0.414. The average molecular weight is 259 g/mol. The molecule has 5 heteroatoms. The van der Waals surface area contributed by atoms with E-state index in [1.807, 2.05) is 45.0 Å². The molecule has 1 aromatic carbocycles. The third-order valence-corrected chi connectivity index (χ3v) is 2.60. The predicted octanol–water partition coefficient (Wildman–Crippen LogP) is 3.03. The molecule has 5 nitrogen and oxygen atoms in total. The van der Waals surface area contributed by atoms with Gasteiger partial charge in [-0.15, -0.1) is 10.2 Å². The van der Waals surface area contributed by atoms with Gasteiger partial charge < -0.3 is 9.73 Å². The van der Waals surface area contributed by atoms with Crippen molar-refractivity contribution in [3.63, 3.8) is 0 Å². The van der Waals surface area contributed by atoms with Crippen LogP contribution in [-0.4, -0.2) is 16.1 Å². The Labute approximate surface area is 112 Å². The minimum absolute atomic E-state index is 0.0196. The zero-order chi connectivity index (χ0) is 14.0. The number of rotatable bonds is 2. The Hall–Kier alpha value is -2.17. The highest BCUT2D eigenvalue weighted by Crippen LogP contribution is 2.22. The van der Waals surface area contributed by atoms with Gasteiger partial charge in [-0.1, -0.05) is 20.8 Å². The fourth-order valence-electron chi connectivity index (χ4n) is 1.43. The second-order valence-corrected chi connectivity index (χ2v) is 5.41. The molecular weight excluding hydrogens is 242 g/mol. The maximum absolute atomic E-state index is 11.8. The number of carbonyl (C=O) groups is 1. The van der Waals surface area contributed by atoms with Crippen LogP contribution in [0.2, 0.25) is 0 Å². The Morgan fingerprint density at radius 1 is 1.16 bits per heavy atom. The maximum atomic E-state index is 11.8. The van der Waals surface area contributed by atoms with Gasteiger partial charge >= 0.3 is 0 Å². The van der Waals surface area contributed by atoms with Crippen LogP contribution in [0.4, 0.5) is 5.69 Å². The largest absolute Gasteiger partial charge is 0.421 e. The molecule has 1 aromatic heterocycles. The van der Waals surface area contributed by atoms with Crippen molar-refractivity contribution in [3.8, 4) is 11.5 Å². The summed E-state index contributed by atoms with van der Waals surface area (Å²) < 4.78 is 5.34. The van der Waals surface area contributed by atoms with E-state index in [1.54, 1.807) is 6.92 Å². The lowest BCUT2D eigenvalue weighted by Gasteiger charge is -2.17. The van der Waals surface area contributed by atoms with Gasteiger partial charge in [0.1, 0.15) is 0 Å². The van der Waals surface area contributed by atoms with Crippen molar-refractivity contribution >= 4 is 11.6 Å². The van der Waals surface area contributed by atoms with Crippen molar-refractivity contribution in [3.05, 3.63) is 30.2 Å². The summed E-state index contributed by atoms with van der Waals surface area (Å²) in [6.45, 7) is 7.36. The lowest BCUT2D eigenvalue weighted by Crippen LogP contribution is -2.27. The van der Waals surface area contributed by atoms with E-state index in [4.69, 9.17) is 4.42 Å². The maximum Gasteiger partial charge on any atom is 0.247 e. The molecule has 0 atom stereocenters. The molecule has 2 aromatic rings. The van der Waals surface area contributed by atoms with Gasteiger partial charge in [-0.2, -0.15) is 0 Å². The standard InChI is InChI=1S/C14H17N3O2/c1-9-16-17-12(19-9)10-5-7-11(8-6-10)15-13(18)14(2,3)4/h5-8H,1-4H3,(H,15,18). The number of anilines is 1. The van der Waals surface area contributed by atoms with E-state index in [0.717, 1.165) is 11.3 Å². The molecule has 1 N–H and O–H groups in total. The average Bonchev–Trinajstić information content (AvgIpc) is 2.75. The molecule has 1 amide bonds. The number of nitrogens with one attached hydrogen (secondary N) is 1. The molecule has 0 aliphatic heterocycles. The first-order chi connectivity index (χ1) is 8.86. The molecule has 0 fully saturated rings. The summed E-state index contributed by atoms with van der Waals surface area (Å²) in [4.78, 5) is 11.8. The summed E-state index contributed by atoms with van der Waals surface area (Å²) in [5, 5.41) is 10.6. The summed E-state index contributed by atoms with van der Waals surface area (Å²) >= 11 is 0. The summed E-state index contributed by atoms with van der Waals surface area (Å²) in [7, 11) is 0. The molecule has 19 heavy (non-hydrogen) atoms. The number of hydrogen-bond acceptors (Lipinski definition) is 4. The monoisotopic (exact) mass is 259 g/mol. The van der Waals surface area contributed by atoms with Gasteiger partial charge in [0.2, 0.25) is 17.7 Å². The molecule has 0 spiro atoms. The number of hydrogen-bond donors (Lipinski definition) is 1. The highest BCUT2D eigenvalue weighted by Gasteiger charge is 2.21. The highest BCUT2D eigenvalue weighted by molar-refractivity contribution is 5.94. The molecule has 100 valence electrons. The Kier molecular flexibility index (Phi) is 3.38. The quantitative estimate of drug-likeness (QED) is 0.900. The Bertz CT molecular complexity index is 579.